The van der Waals surface area contributed by atoms with Crippen molar-refractivity contribution in [3.63, 3.8) is 0 Å². The molecule has 1 heterocycles. The van der Waals surface area contributed by atoms with Crippen LogP contribution in [0.5, 0.6) is 0 Å². The average Bonchev–Trinajstić information content (AvgIpc) is 2.65. The summed E-state index contributed by atoms with van der Waals surface area (Å²) in [7, 11) is 1.80. The van der Waals surface area contributed by atoms with E-state index in [1.807, 2.05) is 6.07 Å². The summed E-state index contributed by atoms with van der Waals surface area (Å²) in [5.74, 6) is 0.726. The average molecular weight is 260 g/mol. The van der Waals surface area contributed by atoms with E-state index < -0.39 is 0 Å². The van der Waals surface area contributed by atoms with Gasteiger partial charge in [0.25, 0.3) is 0 Å². The lowest BCUT2D eigenvalue weighted by Crippen LogP contribution is -1.91. The second-order valence-corrected chi connectivity index (χ2v) is 4.21. The summed E-state index contributed by atoms with van der Waals surface area (Å²) in [6.07, 6.45) is 0. The lowest BCUT2D eigenvalue weighted by atomic mass is 10.1. The van der Waals surface area contributed by atoms with Crippen molar-refractivity contribution in [2.75, 3.05) is 12.4 Å². The number of hydrogen-bond acceptors (Lipinski definition) is 4. The maximum atomic E-state index is 6.07. The Morgan fingerprint density at radius 2 is 2.07 bits per heavy atom. The molecule has 0 saturated heterocycles. The third kappa shape index (κ3) is 2.07. The van der Waals surface area contributed by atoms with Gasteiger partial charge in [-0.15, -0.1) is 0 Å². The second kappa shape index (κ2) is 4.35. The van der Waals surface area contributed by atoms with Crippen LogP contribution in [0, 0.1) is 0 Å². The van der Waals surface area contributed by atoms with Crippen molar-refractivity contribution < 1.29 is 0 Å². The van der Waals surface area contributed by atoms with Gasteiger partial charge >= 0.3 is 0 Å². The first-order valence-electron chi connectivity index (χ1n) is 4.18. The monoisotopic (exact) mass is 259 g/mol. The lowest BCUT2D eigenvalue weighted by Gasteiger charge is -2.03. The Morgan fingerprint density at radius 3 is 2.73 bits per heavy atom. The Hall–Kier alpha value is -0.840. The highest BCUT2D eigenvalue weighted by atomic mass is 35.5. The fourth-order valence-corrected chi connectivity index (χ4v) is 2.28. The minimum Gasteiger partial charge on any atom is -0.370 e. The van der Waals surface area contributed by atoms with Gasteiger partial charge in [-0.25, -0.2) is 0 Å². The lowest BCUT2D eigenvalue weighted by molar-refractivity contribution is 1.40. The smallest absolute Gasteiger partial charge is 0.167 e. The van der Waals surface area contributed by atoms with Crippen LogP contribution in [0.3, 0.4) is 0 Å². The molecule has 78 valence electrons. The van der Waals surface area contributed by atoms with E-state index in [9.17, 15) is 0 Å². The van der Waals surface area contributed by atoms with Crippen LogP contribution in [-0.2, 0) is 0 Å². The summed E-state index contributed by atoms with van der Waals surface area (Å²) in [6, 6.07) is 5.31. The van der Waals surface area contributed by atoms with E-state index in [1.54, 1.807) is 19.2 Å². The number of rotatable bonds is 2. The van der Waals surface area contributed by atoms with Crippen LogP contribution in [0.1, 0.15) is 0 Å². The van der Waals surface area contributed by atoms with Crippen LogP contribution in [0.15, 0.2) is 18.2 Å². The third-order valence-electron chi connectivity index (χ3n) is 1.91. The molecule has 0 aliphatic carbocycles. The van der Waals surface area contributed by atoms with Gasteiger partial charge in [0, 0.05) is 17.6 Å². The van der Waals surface area contributed by atoms with E-state index in [4.69, 9.17) is 23.2 Å². The summed E-state index contributed by atoms with van der Waals surface area (Å²) in [6.45, 7) is 0. The molecule has 0 aliphatic rings. The van der Waals surface area contributed by atoms with Gasteiger partial charge in [0.05, 0.1) is 16.8 Å². The Morgan fingerprint density at radius 1 is 1.27 bits per heavy atom. The highest BCUT2D eigenvalue weighted by molar-refractivity contribution is 6.99. The van der Waals surface area contributed by atoms with Crippen molar-refractivity contribution in [1.82, 2.24) is 8.75 Å². The molecular formula is C9H7Cl2N3S. The molecule has 0 spiro atoms. The quantitative estimate of drug-likeness (QED) is 0.897. The van der Waals surface area contributed by atoms with Gasteiger partial charge in [-0.1, -0.05) is 23.2 Å². The van der Waals surface area contributed by atoms with Crippen molar-refractivity contribution in [1.29, 1.82) is 0 Å². The number of aromatic nitrogens is 2. The molecule has 1 aromatic carbocycles. The molecule has 0 unspecified atom stereocenters. The van der Waals surface area contributed by atoms with Crippen LogP contribution in [0.25, 0.3) is 11.3 Å². The number of halogens is 2. The van der Waals surface area contributed by atoms with Crippen LogP contribution < -0.4 is 5.32 Å². The predicted octanol–water partition coefficient (Wildman–Crippen LogP) is 3.55. The standard InChI is InChI=1S/C9H7Cl2N3S/c1-12-9-8(13-15-14-9)6-3-2-5(10)4-7(6)11/h2-4H,1H3,(H,12,14). The molecule has 0 fully saturated rings. The topological polar surface area (TPSA) is 37.8 Å². The van der Waals surface area contributed by atoms with Crippen molar-refractivity contribution in [3.8, 4) is 11.3 Å². The number of benzene rings is 1. The number of nitrogens with zero attached hydrogens (tertiary/aromatic N) is 2. The SMILES string of the molecule is CNc1nsnc1-c1ccc(Cl)cc1Cl. The second-order valence-electron chi connectivity index (χ2n) is 2.84. The van der Waals surface area contributed by atoms with Crippen molar-refractivity contribution >= 4 is 40.7 Å². The first kappa shape index (κ1) is 10.7. The summed E-state index contributed by atoms with van der Waals surface area (Å²) in [5.41, 5.74) is 1.59. The Labute approximate surface area is 101 Å². The fourth-order valence-electron chi connectivity index (χ4n) is 1.21. The first-order chi connectivity index (χ1) is 7.22. The Kier molecular flexibility index (Phi) is 3.09. The molecule has 2 aromatic rings. The largest absolute Gasteiger partial charge is 0.370 e. The van der Waals surface area contributed by atoms with Crippen molar-refractivity contribution in [3.05, 3.63) is 28.2 Å². The molecular weight excluding hydrogens is 253 g/mol. The molecule has 0 bridgehead atoms. The van der Waals surface area contributed by atoms with E-state index in [2.05, 4.69) is 14.1 Å². The summed E-state index contributed by atoms with van der Waals surface area (Å²) >= 11 is 13.0. The van der Waals surface area contributed by atoms with E-state index >= 15 is 0 Å². The predicted molar refractivity (Wildman–Crippen MR) is 64.9 cm³/mol. The third-order valence-corrected chi connectivity index (χ3v) is 2.99. The van der Waals surface area contributed by atoms with E-state index in [0.717, 1.165) is 28.8 Å². The van der Waals surface area contributed by atoms with E-state index in [0.29, 0.717) is 10.0 Å². The minimum absolute atomic E-state index is 0.576. The van der Waals surface area contributed by atoms with Crippen LogP contribution >= 0.6 is 34.9 Å². The molecule has 1 N–H and O–H groups in total. The van der Waals surface area contributed by atoms with Crippen molar-refractivity contribution in [2.24, 2.45) is 0 Å². The molecule has 0 atom stereocenters. The number of hydrogen-bond donors (Lipinski definition) is 1. The molecule has 3 nitrogen and oxygen atoms in total. The molecule has 2 rings (SSSR count). The summed E-state index contributed by atoms with van der Waals surface area (Å²) in [5, 5.41) is 4.15. The van der Waals surface area contributed by atoms with Gasteiger partial charge < -0.3 is 5.32 Å². The molecule has 1 aromatic heterocycles. The number of nitrogens with one attached hydrogen (secondary N) is 1. The van der Waals surface area contributed by atoms with E-state index in [-0.39, 0.29) is 0 Å². The Bertz CT molecular complexity index is 484. The van der Waals surface area contributed by atoms with Gasteiger partial charge in [0.1, 0.15) is 5.69 Å². The number of anilines is 1. The van der Waals surface area contributed by atoms with Gasteiger partial charge in [-0.3, -0.25) is 0 Å². The molecule has 0 saturated carbocycles. The van der Waals surface area contributed by atoms with Crippen LogP contribution in [0.2, 0.25) is 10.0 Å². The zero-order valence-electron chi connectivity index (χ0n) is 7.79. The molecule has 0 amide bonds. The minimum atomic E-state index is 0.576. The Balaban J connectivity index is 2.54. The molecule has 0 aliphatic heterocycles. The van der Waals surface area contributed by atoms with E-state index in [1.165, 1.54) is 0 Å². The maximum Gasteiger partial charge on any atom is 0.167 e. The van der Waals surface area contributed by atoms with Crippen LogP contribution in [-0.4, -0.2) is 15.8 Å². The van der Waals surface area contributed by atoms with Gasteiger partial charge in [-0.2, -0.15) is 8.75 Å². The normalized spacial score (nSPS) is 10.3. The summed E-state index contributed by atoms with van der Waals surface area (Å²) < 4.78 is 8.29. The maximum absolute atomic E-state index is 6.07. The van der Waals surface area contributed by atoms with Crippen molar-refractivity contribution in [2.45, 2.75) is 0 Å². The van der Waals surface area contributed by atoms with Gasteiger partial charge in [-0.05, 0) is 18.2 Å². The fraction of sp³-hybridized carbons (Fsp3) is 0.111. The zero-order valence-corrected chi connectivity index (χ0v) is 10.1. The van der Waals surface area contributed by atoms with Gasteiger partial charge in [0.15, 0.2) is 5.82 Å². The summed E-state index contributed by atoms with van der Waals surface area (Å²) in [4.78, 5) is 0. The molecule has 15 heavy (non-hydrogen) atoms. The molecule has 6 heteroatoms. The first-order valence-corrected chi connectivity index (χ1v) is 5.66. The molecule has 0 radical (unpaired) electrons. The highest BCUT2D eigenvalue weighted by Gasteiger charge is 2.12. The van der Waals surface area contributed by atoms with Gasteiger partial charge in [0.2, 0.25) is 0 Å². The highest BCUT2D eigenvalue weighted by Crippen LogP contribution is 2.33. The van der Waals surface area contributed by atoms with Crippen LogP contribution in [0.4, 0.5) is 5.82 Å². The zero-order chi connectivity index (χ0) is 10.8.